The minimum absolute atomic E-state index is 0.679. The monoisotopic (exact) mass is 251 g/mol. The lowest BCUT2D eigenvalue weighted by atomic mass is 10.3. The van der Waals surface area contributed by atoms with E-state index in [-0.39, 0.29) is 0 Å². The van der Waals surface area contributed by atoms with Crippen LogP contribution < -0.4 is 4.90 Å². The summed E-state index contributed by atoms with van der Waals surface area (Å²) >= 11 is 5.92. The predicted octanol–water partition coefficient (Wildman–Crippen LogP) is 2.23. The van der Waals surface area contributed by atoms with Gasteiger partial charge in [-0.25, -0.2) is 0 Å². The van der Waals surface area contributed by atoms with Crippen molar-refractivity contribution in [2.45, 2.75) is 0 Å². The first-order chi connectivity index (χ1) is 8.22. The zero-order chi connectivity index (χ0) is 11.8. The van der Waals surface area contributed by atoms with Gasteiger partial charge in [0.2, 0.25) is 0 Å². The maximum Gasteiger partial charge on any atom is 0.298 e. The van der Waals surface area contributed by atoms with Crippen molar-refractivity contribution >= 4 is 28.7 Å². The number of halogens is 1. The molecule has 5 heteroatoms. The van der Waals surface area contributed by atoms with Gasteiger partial charge < -0.3 is 14.2 Å². The molecule has 1 aromatic carbocycles. The van der Waals surface area contributed by atoms with Gasteiger partial charge in [0.05, 0.1) is 0 Å². The maximum absolute atomic E-state index is 5.92. The van der Waals surface area contributed by atoms with E-state index in [4.69, 9.17) is 16.0 Å². The zero-order valence-corrected chi connectivity index (χ0v) is 10.4. The Morgan fingerprint density at radius 3 is 2.76 bits per heavy atom. The van der Waals surface area contributed by atoms with Crippen LogP contribution in [-0.4, -0.2) is 43.1 Å². The molecule has 0 radical (unpaired) electrons. The molecular formula is C12H14ClN3O. The number of fused-ring (bicyclic) bond motifs is 1. The minimum Gasteiger partial charge on any atom is -0.423 e. The van der Waals surface area contributed by atoms with Crippen LogP contribution in [0.2, 0.25) is 5.02 Å². The molecule has 1 aliphatic heterocycles. The topological polar surface area (TPSA) is 32.5 Å². The van der Waals surface area contributed by atoms with Crippen molar-refractivity contribution in [2.75, 3.05) is 38.1 Å². The molecule has 1 fully saturated rings. The molecule has 0 amide bonds. The van der Waals surface area contributed by atoms with Crippen LogP contribution in [0, 0.1) is 0 Å². The highest BCUT2D eigenvalue weighted by Gasteiger charge is 2.18. The smallest absolute Gasteiger partial charge is 0.298 e. The first-order valence-corrected chi connectivity index (χ1v) is 6.10. The van der Waals surface area contributed by atoms with Crippen LogP contribution in [0.15, 0.2) is 22.6 Å². The number of hydrogen-bond acceptors (Lipinski definition) is 4. The predicted molar refractivity (Wildman–Crippen MR) is 68.7 cm³/mol. The van der Waals surface area contributed by atoms with Gasteiger partial charge >= 0.3 is 0 Å². The molecule has 0 spiro atoms. The normalized spacial score (nSPS) is 17.9. The van der Waals surface area contributed by atoms with Crippen LogP contribution in [0.5, 0.6) is 0 Å². The van der Waals surface area contributed by atoms with E-state index in [0.29, 0.717) is 11.0 Å². The fourth-order valence-electron chi connectivity index (χ4n) is 2.02. The molecule has 0 atom stereocenters. The van der Waals surface area contributed by atoms with Gasteiger partial charge in [0, 0.05) is 37.3 Å². The van der Waals surface area contributed by atoms with Gasteiger partial charge in [-0.2, -0.15) is 4.98 Å². The summed E-state index contributed by atoms with van der Waals surface area (Å²) in [6, 6.07) is 6.24. The van der Waals surface area contributed by atoms with Gasteiger partial charge in [0.15, 0.2) is 5.58 Å². The average molecular weight is 252 g/mol. The quantitative estimate of drug-likeness (QED) is 0.778. The van der Waals surface area contributed by atoms with Crippen LogP contribution in [0.1, 0.15) is 0 Å². The van der Waals surface area contributed by atoms with Crippen molar-refractivity contribution in [2.24, 2.45) is 0 Å². The summed E-state index contributed by atoms with van der Waals surface area (Å²) in [5, 5.41) is 0.679. The molecule has 1 aliphatic rings. The molecular weight excluding hydrogens is 238 g/mol. The summed E-state index contributed by atoms with van der Waals surface area (Å²) in [6.45, 7) is 3.99. The molecule has 1 aromatic heterocycles. The van der Waals surface area contributed by atoms with Crippen molar-refractivity contribution < 1.29 is 4.42 Å². The number of likely N-dealkylation sites (N-methyl/N-ethyl adjacent to an activating group) is 1. The minimum atomic E-state index is 0.679. The second-order valence-electron chi connectivity index (χ2n) is 4.40. The van der Waals surface area contributed by atoms with Crippen LogP contribution in [-0.2, 0) is 0 Å². The molecule has 0 aliphatic carbocycles. The Kier molecular flexibility index (Phi) is 2.68. The molecule has 90 valence electrons. The number of nitrogens with zero attached hydrogens (tertiary/aromatic N) is 3. The first-order valence-electron chi connectivity index (χ1n) is 5.72. The van der Waals surface area contributed by atoms with Gasteiger partial charge in [0.1, 0.15) is 5.52 Å². The van der Waals surface area contributed by atoms with E-state index in [2.05, 4.69) is 21.8 Å². The molecule has 0 N–H and O–H groups in total. The number of oxazole rings is 1. The van der Waals surface area contributed by atoms with E-state index in [9.17, 15) is 0 Å². The molecule has 17 heavy (non-hydrogen) atoms. The summed E-state index contributed by atoms with van der Waals surface area (Å²) < 4.78 is 5.74. The van der Waals surface area contributed by atoms with Crippen molar-refractivity contribution in [3.8, 4) is 0 Å². The van der Waals surface area contributed by atoms with E-state index in [1.807, 2.05) is 18.2 Å². The van der Waals surface area contributed by atoms with Crippen LogP contribution >= 0.6 is 11.6 Å². The Morgan fingerprint density at radius 1 is 1.24 bits per heavy atom. The van der Waals surface area contributed by atoms with Gasteiger partial charge in [-0.05, 0) is 19.2 Å². The number of hydrogen-bond donors (Lipinski definition) is 0. The third kappa shape index (κ3) is 2.10. The summed E-state index contributed by atoms with van der Waals surface area (Å²) in [5.74, 6) is 0. The highest BCUT2D eigenvalue weighted by atomic mass is 35.5. The third-order valence-corrected chi connectivity index (χ3v) is 3.35. The van der Waals surface area contributed by atoms with E-state index in [0.717, 1.165) is 37.3 Å². The summed E-state index contributed by atoms with van der Waals surface area (Å²) in [6.07, 6.45) is 0. The van der Waals surface area contributed by atoms with Crippen molar-refractivity contribution in [3.05, 3.63) is 23.2 Å². The third-order valence-electron chi connectivity index (χ3n) is 3.11. The van der Waals surface area contributed by atoms with E-state index < -0.39 is 0 Å². The van der Waals surface area contributed by atoms with Gasteiger partial charge in [0.25, 0.3) is 6.01 Å². The summed E-state index contributed by atoms with van der Waals surface area (Å²) in [5.41, 5.74) is 1.62. The standard InChI is InChI=1S/C12H14ClN3O/c1-15-4-6-16(7-5-15)12-14-10-3-2-9(13)8-11(10)17-12/h2-3,8H,4-7H2,1H3. The molecule has 0 unspecified atom stereocenters. The largest absolute Gasteiger partial charge is 0.423 e. The number of aromatic nitrogens is 1. The van der Waals surface area contributed by atoms with Crippen molar-refractivity contribution in [3.63, 3.8) is 0 Å². The first kappa shape index (κ1) is 10.9. The second-order valence-corrected chi connectivity index (χ2v) is 4.84. The number of piperazine rings is 1. The Bertz CT molecular complexity index is 532. The lowest BCUT2D eigenvalue weighted by Crippen LogP contribution is -2.44. The van der Waals surface area contributed by atoms with Crippen molar-refractivity contribution in [1.82, 2.24) is 9.88 Å². The van der Waals surface area contributed by atoms with Gasteiger partial charge in [-0.1, -0.05) is 11.6 Å². The fourth-order valence-corrected chi connectivity index (χ4v) is 2.18. The van der Waals surface area contributed by atoms with Crippen LogP contribution in [0.3, 0.4) is 0 Å². The lowest BCUT2D eigenvalue weighted by molar-refractivity contribution is 0.305. The van der Waals surface area contributed by atoms with E-state index >= 15 is 0 Å². The molecule has 2 aromatic rings. The summed E-state index contributed by atoms with van der Waals surface area (Å²) in [7, 11) is 2.13. The Morgan fingerprint density at radius 2 is 2.00 bits per heavy atom. The van der Waals surface area contributed by atoms with Crippen LogP contribution in [0.25, 0.3) is 11.1 Å². The number of anilines is 1. The Hall–Kier alpha value is -1.26. The average Bonchev–Trinajstić information content (AvgIpc) is 2.72. The zero-order valence-electron chi connectivity index (χ0n) is 9.69. The Labute approximate surface area is 105 Å². The summed E-state index contributed by atoms with van der Waals surface area (Å²) in [4.78, 5) is 8.96. The Balaban J connectivity index is 1.90. The van der Waals surface area contributed by atoms with E-state index in [1.54, 1.807) is 0 Å². The van der Waals surface area contributed by atoms with Crippen LogP contribution in [0.4, 0.5) is 6.01 Å². The second kappa shape index (κ2) is 4.20. The molecule has 0 saturated carbocycles. The molecule has 4 nitrogen and oxygen atoms in total. The number of benzene rings is 1. The molecule has 2 heterocycles. The molecule has 1 saturated heterocycles. The molecule has 3 rings (SSSR count). The maximum atomic E-state index is 5.92. The lowest BCUT2D eigenvalue weighted by Gasteiger charge is -2.31. The highest BCUT2D eigenvalue weighted by Crippen LogP contribution is 2.25. The fraction of sp³-hybridized carbons (Fsp3) is 0.417. The van der Waals surface area contributed by atoms with Gasteiger partial charge in [-0.3, -0.25) is 0 Å². The SMILES string of the molecule is CN1CCN(c2nc3ccc(Cl)cc3o2)CC1. The van der Waals surface area contributed by atoms with E-state index in [1.165, 1.54) is 0 Å². The molecule has 0 bridgehead atoms. The van der Waals surface area contributed by atoms with Crippen molar-refractivity contribution in [1.29, 1.82) is 0 Å². The number of rotatable bonds is 1. The van der Waals surface area contributed by atoms with Gasteiger partial charge in [-0.15, -0.1) is 0 Å². The highest BCUT2D eigenvalue weighted by molar-refractivity contribution is 6.31.